The van der Waals surface area contributed by atoms with E-state index in [0.717, 1.165) is 13.1 Å². The van der Waals surface area contributed by atoms with Crippen LogP contribution in [0, 0.1) is 0 Å². The van der Waals surface area contributed by atoms with Crippen molar-refractivity contribution in [3.8, 4) is 0 Å². The fraction of sp³-hybridized carbons (Fsp3) is 0.938. The first-order valence-corrected chi connectivity index (χ1v) is 8.21. The molecular formula is C16H33N3O2. The highest BCUT2D eigenvalue weighted by atomic mass is 16.3. The summed E-state index contributed by atoms with van der Waals surface area (Å²) < 4.78 is 0. The molecule has 0 aromatic rings. The molecule has 1 saturated heterocycles. The molecule has 5 heteroatoms. The minimum absolute atomic E-state index is 0.0242. The van der Waals surface area contributed by atoms with Crippen LogP contribution in [0.1, 0.15) is 53.9 Å². The summed E-state index contributed by atoms with van der Waals surface area (Å²) in [5.41, 5.74) is -0.0242. The van der Waals surface area contributed by atoms with Gasteiger partial charge in [0.1, 0.15) is 0 Å². The summed E-state index contributed by atoms with van der Waals surface area (Å²) in [6.45, 7) is 13.3. The number of nitrogens with one attached hydrogen (secondary N) is 1. The second-order valence-electron chi connectivity index (χ2n) is 7.11. The highest BCUT2D eigenvalue weighted by Gasteiger charge is 2.29. The van der Waals surface area contributed by atoms with Crippen LogP contribution >= 0.6 is 0 Å². The maximum Gasteiger partial charge on any atom is 0.317 e. The van der Waals surface area contributed by atoms with E-state index < -0.39 is 6.10 Å². The van der Waals surface area contributed by atoms with Crippen LogP contribution in [-0.2, 0) is 0 Å². The Morgan fingerprint density at radius 3 is 2.29 bits per heavy atom. The van der Waals surface area contributed by atoms with Crippen molar-refractivity contribution in [2.75, 3.05) is 26.2 Å². The molecule has 2 N–H and O–H groups in total. The summed E-state index contributed by atoms with van der Waals surface area (Å²) in [4.78, 5) is 16.5. The third-order valence-corrected chi connectivity index (χ3v) is 4.23. The van der Waals surface area contributed by atoms with Gasteiger partial charge < -0.3 is 15.3 Å². The van der Waals surface area contributed by atoms with E-state index in [-0.39, 0.29) is 17.6 Å². The summed E-state index contributed by atoms with van der Waals surface area (Å²) in [6, 6.07) is -0.00585. The molecule has 1 aliphatic rings. The van der Waals surface area contributed by atoms with Crippen LogP contribution in [0.4, 0.5) is 4.79 Å². The molecule has 5 nitrogen and oxygen atoms in total. The Morgan fingerprint density at radius 2 is 1.81 bits per heavy atom. The third-order valence-electron chi connectivity index (χ3n) is 4.23. The van der Waals surface area contributed by atoms with Crippen molar-refractivity contribution in [3.63, 3.8) is 0 Å². The van der Waals surface area contributed by atoms with Crippen molar-refractivity contribution in [1.29, 1.82) is 0 Å². The summed E-state index contributed by atoms with van der Waals surface area (Å²) in [5.74, 6) is 0. The minimum Gasteiger partial charge on any atom is -0.392 e. The van der Waals surface area contributed by atoms with Gasteiger partial charge in [-0.15, -0.1) is 0 Å². The average Bonchev–Trinajstić information content (AvgIpc) is 2.43. The summed E-state index contributed by atoms with van der Waals surface area (Å²) in [6.07, 6.45) is 3.30. The topological polar surface area (TPSA) is 55.8 Å². The Balaban J connectivity index is 2.52. The number of hydrogen-bond donors (Lipinski definition) is 2. The SMILES string of the molecule is CC(O)CN(C(=O)NCC(C)(C)N1CCCCC1)C(C)C. The lowest BCUT2D eigenvalue weighted by Crippen LogP contribution is -2.56. The number of urea groups is 1. The van der Waals surface area contributed by atoms with Crippen molar-refractivity contribution < 1.29 is 9.90 Å². The van der Waals surface area contributed by atoms with E-state index in [1.165, 1.54) is 19.3 Å². The summed E-state index contributed by atoms with van der Waals surface area (Å²) in [5, 5.41) is 12.6. The molecule has 0 saturated carbocycles. The molecule has 1 heterocycles. The van der Waals surface area contributed by atoms with Crippen molar-refractivity contribution in [2.45, 2.75) is 71.6 Å². The molecule has 0 spiro atoms. The van der Waals surface area contributed by atoms with Gasteiger partial charge in [0, 0.05) is 24.7 Å². The second-order valence-corrected chi connectivity index (χ2v) is 7.11. The van der Waals surface area contributed by atoms with Crippen LogP contribution in [0.25, 0.3) is 0 Å². The number of carbonyl (C=O) groups is 1. The van der Waals surface area contributed by atoms with Crippen molar-refractivity contribution in [2.24, 2.45) is 0 Å². The Hall–Kier alpha value is -0.810. The fourth-order valence-corrected chi connectivity index (χ4v) is 2.82. The molecule has 1 fully saturated rings. The predicted molar refractivity (Wildman–Crippen MR) is 86.4 cm³/mol. The Kier molecular flexibility index (Phi) is 6.94. The van der Waals surface area contributed by atoms with E-state index in [4.69, 9.17) is 0 Å². The van der Waals surface area contributed by atoms with Gasteiger partial charge in [0.05, 0.1) is 6.10 Å². The van der Waals surface area contributed by atoms with Crippen molar-refractivity contribution >= 4 is 6.03 Å². The first-order chi connectivity index (χ1) is 9.74. The zero-order valence-corrected chi connectivity index (χ0v) is 14.4. The van der Waals surface area contributed by atoms with Crippen molar-refractivity contribution in [3.05, 3.63) is 0 Å². The average molecular weight is 299 g/mol. The van der Waals surface area contributed by atoms with Gasteiger partial charge in [-0.05, 0) is 60.5 Å². The molecule has 124 valence electrons. The van der Waals surface area contributed by atoms with Gasteiger partial charge in [0.2, 0.25) is 0 Å². The molecule has 0 aliphatic carbocycles. The molecule has 2 amide bonds. The van der Waals surface area contributed by atoms with Gasteiger partial charge in [-0.1, -0.05) is 6.42 Å². The normalized spacial score (nSPS) is 18.6. The first-order valence-electron chi connectivity index (χ1n) is 8.21. The van der Waals surface area contributed by atoms with Crippen LogP contribution in [0.5, 0.6) is 0 Å². The maximum absolute atomic E-state index is 12.3. The highest BCUT2D eigenvalue weighted by molar-refractivity contribution is 5.74. The van der Waals surface area contributed by atoms with E-state index in [9.17, 15) is 9.90 Å². The fourth-order valence-electron chi connectivity index (χ4n) is 2.82. The maximum atomic E-state index is 12.3. The van der Waals surface area contributed by atoms with Crippen LogP contribution in [0.2, 0.25) is 0 Å². The van der Waals surface area contributed by atoms with E-state index >= 15 is 0 Å². The first kappa shape index (κ1) is 18.2. The number of amides is 2. The third kappa shape index (κ3) is 5.83. The van der Waals surface area contributed by atoms with E-state index in [1.807, 2.05) is 13.8 Å². The lowest BCUT2D eigenvalue weighted by atomic mass is 9.98. The van der Waals surface area contributed by atoms with Crippen LogP contribution in [0.3, 0.4) is 0 Å². The molecule has 21 heavy (non-hydrogen) atoms. The van der Waals surface area contributed by atoms with Gasteiger partial charge in [-0.25, -0.2) is 4.79 Å². The van der Waals surface area contributed by atoms with Crippen LogP contribution in [0.15, 0.2) is 0 Å². The molecule has 0 radical (unpaired) electrons. The summed E-state index contributed by atoms with van der Waals surface area (Å²) >= 11 is 0. The van der Waals surface area contributed by atoms with Gasteiger partial charge in [-0.3, -0.25) is 4.90 Å². The number of piperidine rings is 1. The quantitative estimate of drug-likeness (QED) is 0.789. The number of carbonyl (C=O) groups excluding carboxylic acids is 1. The number of nitrogens with zero attached hydrogens (tertiary/aromatic N) is 2. The van der Waals surface area contributed by atoms with Gasteiger partial charge in [0.15, 0.2) is 0 Å². The second kappa shape index (κ2) is 7.99. The number of hydrogen-bond acceptors (Lipinski definition) is 3. The molecule has 1 rings (SSSR count). The molecular weight excluding hydrogens is 266 g/mol. The molecule has 0 aromatic heterocycles. The van der Waals surface area contributed by atoms with E-state index in [1.54, 1.807) is 11.8 Å². The van der Waals surface area contributed by atoms with Gasteiger partial charge >= 0.3 is 6.03 Å². The zero-order valence-electron chi connectivity index (χ0n) is 14.4. The lowest BCUT2D eigenvalue weighted by molar-refractivity contribution is 0.0886. The number of aliphatic hydroxyl groups excluding tert-OH is 1. The molecule has 0 bridgehead atoms. The Bertz CT molecular complexity index is 323. The largest absolute Gasteiger partial charge is 0.392 e. The predicted octanol–water partition coefficient (Wildman–Crippen LogP) is 2.05. The standard InChI is InChI=1S/C16H33N3O2/c1-13(2)19(11-14(3)20)15(21)17-12-16(4,5)18-9-7-6-8-10-18/h13-14,20H,6-12H2,1-5H3,(H,17,21). The minimum atomic E-state index is -0.506. The molecule has 1 unspecified atom stereocenters. The number of aliphatic hydroxyl groups is 1. The van der Waals surface area contributed by atoms with E-state index in [0.29, 0.717) is 13.1 Å². The smallest absolute Gasteiger partial charge is 0.317 e. The molecule has 1 atom stereocenters. The Labute approximate surface area is 129 Å². The van der Waals surface area contributed by atoms with Crippen LogP contribution in [-0.4, -0.2) is 64.8 Å². The zero-order chi connectivity index (χ0) is 16.0. The van der Waals surface area contributed by atoms with Crippen LogP contribution < -0.4 is 5.32 Å². The number of likely N-dealkylation sites (tertiary alicyclic amines) is 1. The Morgan fingerprint density at radius 1 is 1.24 bits per heavy atom. The lowest BCUT2D eigenvalue weighted by Gasteiger charge is -2.41. The monoisotopic (exact) mass is 299 g/mol. The highest BCUT2D eigenvalue weighted by Crippen LogP contribution is 2.19. The molecule has 1 aliphatic heterocycles. The van der Waals surface area contributed by atoms with Crippen molar-refractivity contribution in [1.82, 2.24) is 15.1 Å². The van der Waals surface area contributed by atoms with Gasteiger partial charge in [0.25, 0.3) is 0 Å². The molecule has 0 aromatic carbocycles. The van der Waals surface area contributed by atoms with E-state index in [2.05, 4.69) is 24.1 Å². The van der Waals surface area contributed by atoms with Gasteiger partial charge in [-0.2, -0.15) is 0 Å². The number of rotatable bonds is 6. The summed E-state index contributed by atoms with van der Waals surface area (Å²) in [7, 11) is 0.